The summed E-state index contributed by atoms with van der Waals surface area (Å²) in [5, 5.41) is 3.51. The summed E-state index contributed by atoms with van der Waals surface area (Å²) in [6.45, 7) is 7.17. The van der Waals surface area contributed by atoms with Gasteiger partial charge in [-0.3, -0.25) is 14.2 Å². The number of benzene rings is 1. The zero-order valence-corrected chi connectivity index (χ0v) is 18.9. The molecule has 2 aromatic rings. The van der Waals surface area contributed by atoms with Gasteiger partial charge in [0.05, 0.1) is 23.6 Å². The van der Waals surface area contributed by atoms with Crippen LogP contribution in [0.1, 0.15) is 29.6 Å². The van der Waals surface area contributed by atoms with Crippen LogP contribution in [0.15, 0.2) is 23.0 Å². The monoisotopic (exact) mass is 445 g/mol. The molecule has 2 saturated heterocycles. The quantitative estimate of drug-likeness (QED) is 0.498. The third kappa shape index (κ3) is 5.41. The van der Waals surface area contributed by atoms with Gasteiger partial charge in [-0.15, -0.1) is 0 Å². The van der Waals surface area contributed by atoms with Crippen molar-refractivity contribution in [2.45, 2.75) is 31.9 Å². The summed E-state index contributed by atoms with van der Waals surface area (Å²) in [7, 11) is 2.15. The molecule has 168 valence electrons. The standard InChI is InChI=1S/C22H31N5O3S/c1-25-9-11-26(12-10-25)8-3-7-23-20(28)16-5-6-18-19(14-16)24-22(31)27(21(18)29)15-17-4-2-13-30-17/h5-6,14,17H,2-4,7-13,15H2,1H3,(H,23,28)(H,24,31)/t17-/m0/s1. The molecule has 2 fully saturated rings. The van der Waals surface area contributed by atoms with Gasteiger partial charge in [-0.25, -0.2) is 0 Å². The molecule has 0 saturated carbocycles. The number of rotatable bonds is 7. The third-order valence-corrected chi connectivity index (χ3v) is 6.51. The average Bonchev–Trinajstić information content (AvgIpc) is 3.28. The van der Waals surface area contributed by atoms with Crippen LogP contribution >= 0.6 is 12.2 Å². The highest BCUT2D eigenvalue weighted by Crippen LogP contribution is 2.15. The van der Waals surface area contributed by atoms with Crippen LogP contribution in [0.4, 0.5) is 0 Å². The molecule has 0 aliphatic carbocycles. The van der Waals surface area contributed by atoms with Crippen molar-refractivity contribution in [3.05, 3.63) is 38.9 Å². The minimum absolute atomic E-state index is 0.0288. The van der Waals surface area contributed by atoms with Crippen LogP contribution in [0, 0.1) is 4.77 Å². The van der Waals surface area contributed by atoms with Gasteiger partial charge in [0, 0.05) is 44.9 Å². The molecule has 1 amide bonds. The lowest BCUT2D eigenvalue weighted by Crippen LogP contribution is -2.45. The van der Waals surface area contributed by atoms with E-state index in [0.29, 0.717) is 34.3 Å². The van der Waals surface area contributed by atoms with Crippen molar-refractivity contribution in [1.82, 2.24) is 24.7 Å². The predicted molar refractivity (Wildman–Crippen MR) is 123 cm³/mol. The number of ether oxygens (including phenoxy) is 1. The van der Waals surface area contributed by atoms with Crippen molar-refractivity contribution in [3.8, 4) is 0 Å². The van der Waals surface area contributed by atoms with Crippen molar-refractivity contribution in [2.75, 3.05) is 52.9 Å². The average molecular weight is 446 g/mol. The molecular formula is C22H31N5O3S. The number of nitrogens with zero attached hydrogens (tertiary/aromatic N) is 3. The summed E-state index contributed by atoms with van der Waals surface area (Å²) in [6.07, 6.45) is 2.89. The maximum Gasteiger partial charge on any atom is 0.262 e. The molecule has 31 heavy (non-hydrogen) atoms. The number of likely N-dealkylation sites (N-methyl/N-ethyl adjacent to an activating group) is 1. The van der Waals surface area contributed by atoms with E-state index in [1.165, 1.54) is 0 Å². The van der Waals surface area contributed by atoms with E-state index < -0.39 is 0 Å². The number of amides is 1. The number of aromatic amines is 1. The topological polar surface area (TPSA) is 82.6 Å². The van der Waals surface area contributed by atoms with E-state index in [9.17, 15) is 9.59 Å². The van der Waals surface area contributed by atoms with Gasteiger partial charge in [-0.1, -0.05) is 0 Å². The van der Waals surface area contributed by atoms with E-state index >= 15 is 0 Å². The summed E-state index contributed by atoms with van der Waals surface area (Å²) in [4.78, 5) is 33.4. The van der Waals surface area contributed by atoms with E-state index in [1.807, 2.05) is 0 Å². The number of carbonyl (C=O) groups is 1. The first-order valence-electron chi connectivity index (χ1n) is 11.1. The zero-order valence-electron chi connectivity index (χ0n) is 18.1. The number of carbonyl (C=O) groups excluding carboxylic acids is 1. The predicted octanol–water partition coefficient (Wildman–Crippen LogP) is 1.61. The molecule has 0 bridgehead atoms. The maximum atomic E-state index is 12.9. The van der Waals surface area contributed by atoms with Crippen LogP contribution in [-0.2, 0) is 11.3 Å². The lowest BCUT2D eigenvalue weighted by Gasteiger charge is -2.32. The number of H-pyrrole nitrogens is 1. The van der Waals surface area contributed by atoms with E-state index in [0.717, 1.165) is 58.6 Å². The third-order valence-electron chi connectivity index (χ3n) is 6.19. The van der Waals surface area contributed by atoms with Gasteiger partial charge in [-0.05, 0) is 63.3 Å². The molecule has 9 heteroatoms. The van der Waals surface area contributed by atoms with Gasteiger partial charge >= 0.3 is 0 Å². The van der Waals surface area contributed by atoms with E-state index in [-0.39, 0.29) is 17.6 Å². The molecule has 1 aromatic heterocycles. The Hall–Kier alpha value is -2.07. The Labute approximate surface area is 187 Å². The highest BCUT2D eigenvalue weighted by Gasteiger charge is 2.18. The Kier molecular flexibility index (Phi) is 7.16. The fourth-order valence-electron chi connectivity index (χ4n) is 4.23. The molecule has 2 N–H and O–H groups in total. The van der Waals surface area contributed by atoms with Crippen molar-refractivity contribution < 1.29 is 9.53 Å². The van der Waals surface area contributed by atoms with Crippen LogP contribution in [-0.4, -0.2) is 84.3 Å². The molecule has 1 aromatic carbocycles. The Morgan fingerprint density at radius 1 is 1.29 bits per heavy atom. The Balaban J connectivity index is 1.37. The summed E-state index contributed by atoms with van der Waals surface area (Å²) >= 11 is 5.41. The normalized spacial score (nSPS) is 20.4. The maximum absolute atomic E-state index is 12.9. The first-order chi connectivity index (χ1) is 15.0. The van der Waals surface area contributed by atoms with Crippen molar-refractivity contribution >= 4 is 29.0 Å². The molecule has 4 rings (SSSR count). The fourth-order valence-corrected chi connectivity index (χ4v) is 4.50. The second kappa shape index (κ2) is 10.0. The van der Waals surface area contributed by atoms with Gasteiger partial charge in [0.1, 0.15) is 0 Å². The second-order valence-corrected chi connectivity index (χ2v) is 8.88. The first kappa shape index (κ1) is 22.1. The molecular weight excluding hydrogens is 414 g/mol. The van der Waals surface area contributed by atoms with Crippen LogP contribution in [0.25, 0.3) is 10.9 Å². The molecule has 2 aliphatic rings. The number of piperazine rings is 1. The van der Waals surface area contributed by atoms with Crippen molar-refractivity contribution in [2.24, 2.45) is 0 Å². The Morgan fingerprint density at radius 3 is 2.84 bits per heavy atom. The minimum Gasteiger partial charge on any atom is -0.376 e. The van der Waals surface area contributed by atoms with Crippen molar-refractivity contribution in [3.63, 3.8) is 0 Å². The molecule has 8 nitrogen and oxygen atoms in total. The lowest BCUT2D eigenvalue weighted by molar-refractivity contribution is 0.0949. The lowest BCUT2D eigenvalue weighted by atomic mass is 10.1. The molecule has 0 spiro atoms. The number of hydrogen-bond acceptors (Lipinski definition) is 6. The van der Waals surface area contributed by atoms with E-state index in [4.69, 9.17) is 17.0 Å². The second-order valence-electron chi connectivity index (χ2n) is 8.50. The van der Waals surface area contributed by atoms with E-state index in [1.54, 1.807) is 22.8 Å². The number of fused-ring (bicyclic) bond motifs is 1. The summed E-state index contributed by atoms with van der Waals surface area (Å²) in [5.74, 6) is -0.136. The van der Waals surface area contributed by atoms with Crippen LogP contribution in [0.3, 0.4) is 0 Å². The van der Waals surface area contributed by atoms with Gasteiger partial charge in [0.2, 0.25) is 0 Å². The van der Waals surface area contributed by atoms with Gasteiger partial charge < -0.3 is 24.8 Å². The van der Waals surface area contributed by atoms with Gasteiger partial charge in [0.15, 0.2) is 4.77 Å². The Bertz CT molecular complexity index is 1040. The largest absolute Gasteiger partial charge is 0.376 e. The Morgan fingerprint density at radius 2 is 2.10 bits per heavy atom. The molecule has 1 atom stereocenters. The molecule has 0 radical (unpaired) electrons. The number of aromatic nitrogens is 2. The molecule has 2 aliphatic heterocycles. The molecule has 3 heterocycles. The summed E-state index contributed by atoms with van der Waals surface area (Å²) in [5.41, 5.74) is 0.964. The first-order valence-corrected chi connectivity index (χ1v) is 11.5. The fraction of sp³-hybridized carbons (Fsp3) is 0.591. The minimum atomic E-state index is -0.145. The van der Waals surface area contributed by atoms with Crippen LogP contribution in [0.2, 0.25) is 0 Å². The van der Waals surface area contributed by atoms with Gasteiger partial charge in [-0.2, -0.15) is 0 Å². The number of hydrogen-bond donors (Lipinski definition) is 2. The van der Waals surface area contributed by atoms with Crippen LogP contribution in [0.5, 0.6) is 0 Å². The SMILES string of the molecule is CN1CCN(CCCNC(=O)c2ccc3c(=O)n(C[C@@H]4CCCO4)c(=S)[nH]c3c2)CC1. The number of nitrogens with one attached hydrogen (secondary N) is 2. The highest BCUT2D eigenvalue weighted by atomic mass is 32.1. The van der Waals surface area contributed by atoms with Crippen molar-refractivity contribution in [1.29, 1.82) is 0 Å². The van der Waals surface area contributed by atoms with Crippen LogP contribution < -0.4 is 10.9 Å². The van der Waals surface area contributed by atoms with E-state index in [2.05, 4.69) is 27.1 Å². The summed E-state index contributed by atoms with van der Waals surface area (Å²) in [6, 6.07) is 5.11. The summed E-state index contributed by atoms with van der Waals surface area (Å²) < 4.78 is 7.56. The zero-order chi connectivity index (χ0) is 21.8. The smallest absolute Gasteiger partial charge is 0.262 e. The van der Waals surface area contributed by atoms with Gasteiger partial charge in [0.25, 0.3) is 11.5 Å². The highest BCUT2D eigenvalue weighted by molar-refractivity contribution is 7.71. The molecule has 0 unspecified atom stereocenters.